The molecule has 3 aromatic rings. The van der Waals surface area contributed by atoms with Crippen LogP contribution in [0, 0.1) is 17.2 Å². The van der Waals surface area contributed by atoms with Crippen LogP contribution in [-0.4, -0.2) is 49.5 Å². The number of benzene rings is 3. The molecule has 0 amide bonds. The molecule has 0 heterocycles. The van der Waals surface area contributed by atoms with Gasteiger partial charge in [0.1, 0.15) is 0 Å². The molecule has 3 rings (SSSR count). The number of esters is 3. The SMILES string of the molecule is CCOC(=O)C(N=C(c1ccccc1)c1ccccc1)C(c1ccc(C#N)cc1)C(C(=O)OCC)C(=O)OCC. The van der Waals surface area contributed by atoms with Crippen LogP contribution >= 0.6 is 0 Å². The Balaban J connectivity index is 2.35. The summed E-state index contributed by atoms with van der Waals surface area (Å²) in [6.45, 7) is 5.00. The summed E-state index contributed by atoms with van der Waals surface area (Å²) in [5.74, 6) is -5.10. The highest BCUT2D eigenvalue weighted by Gasteiger charge is 2.46. The fourth-order valence-electron chi connectivity index (χ4n) is 4.34. The summed E-state index contributed by atoms with van der Waals surface area (Å²) in [6.07, 6.45) is 0. The van der Waals surface area contributed by atoms with Crippen molar-refractivity contribution in [2.75, 3.05) is 19.8 Å². The van der Waals surface area contributed by atoms with E-state index in [0.29, 0.717) is 16.8 Å². The topological polar surface area (TPSA) is 115 Å². The Morgan fingerprint density at radius 1 is 0.700 bits per heavy atom. The smallest absolute Gasteiger partial charge is 0.331 e. The minimum absolute atomic E-state index is 0.0153. The van der Waals surface area contributed by atoms with Crippen molar-refractivity contribution in [1.82, 2.24) is 0 Å². The van der Waals surface area contributed by atoms with Crippen molar-refractivity contribution in [3.05, 3.63) is 107 Å². The molecule has 0 fully saturated rings. The molecule has 2 atom stereocenters. The van der Waals surface area contributed by atoms with Crippen molar-refractivity contribution in [2.45, 2.75) is 32.7 Å². The Hall–Kier alpha value is -4.77. The van der Waals surface area contributed by atoms with Crippen molar-refractivity contribution < 1.29 is 28.6 Å². The van der Waals surface area contributed by atoms with Gasteiger partial charge in [0.15, 0.2) is 12.0 Å². The Morgan fingerprint density at radius 2 is 1.15 bits per heavy atom. The van der Waals surface area contributed by atoms with E-state index in [2.05, 4.69) is 6.07 Å². The average Bonchev–Trinajstić information content (AvgIpc) is 2.98. The normalized spacial score (nSPS) is 12.0. The van der Waals surface area contributed by atoms with Gasteiger partial charge < -0.3 is 14.2 Å². The molecule has 0 spiro atoms. The third-order valence-electron chi connectivity index (χ3n) is 6.10. The van der Waals surface area contributed by atoms with Crippen LogP contribution in [0.1, 0.15) is 48.9 Å². The summed E-state index contributed by atoms with van der Waals surface area (Å²) in [4.78, 5) is 45.2. The second-order valence-corrected chi connectivity index (χ2v) is 8.65. The average molecular weight is 541 g/mol. The monoisotopic (exact) mass is 540 g/mol. The van der Waals surface area contributed by atoms with Gasteiger partial charge in [-0.25, -0.2) is 4.79 Å². The van der Waals surface area contributed by atoms with E-state index in [9.17, 15) is 19.6 Å². The molecule has 8 heteroatoms. The number of carbonyl (C=O) groups is 3. The van der Waals surface area contributed by atoms with Crippen LogP contribution < -0.4 is 0 Å². The molecule has 0 saturated heterocycles. The van der Waals surface area contributed by atoms with Crippen LogP contribution in [0.4, 0.5) is 0 Å². The van der Waals surface area contributed by atoms with Gasteiger partial charge in [-0.15, -0.1) is 0 Å². The van der Waals surface area contributed by atoms with Crippen molar-refractivity contribution in [2.24, 2.45) is 10.9 Å². The highest BCUT2D eigenvalue weighted by Crippen LogP contribution is 2.34. The maximum absolute atomic E-state index is 13.7. The van der Waals surface area contributed by atoms with Gasteiger partial charge >= 0.3 is 17.9 Å². The summed E-state index contributed by atoms with van der Waals surface area (Å²) < 4.78 is 16.0. The Bertz CT molecular complexity index is 1290. The van der Waals surface area contributed by atoms with Gasteiger partial charge in [0.05, 0.1) is 37.2 Å². The molecule has 0 aromatic heterocycles. The number of aliphatic imine (C=N–C) groups is 1. The van der Waals surface area contributed by atoms with E-state index < -0.39 is 35.8 Å². The van der Waals surface area contributed by atoms with Crippen LogP contribution in [0.15, 0.2) is 89.9 Å². The zero-order valence-corrected chi connectivity index (χ0v) is 22.8. The molecule has 2 unspecified atom stereocenters. The van der Waals surface area contributed by atoms with Gasteiger partial charge in [-0.1, -0.05) is 72.8 Å². The predicted octanol–water partition coefficient (Wildman–Crippen LogP) is 4.85. The van der Waals surface area contributed by atoms with Gasteiger partial charge in [0.25, 0.3) is 0 Å². The van der Waals surface area contributed by atoms with Gasteiger partial charge in [-0.05, 0) is 38.5 Å². The van der Waals surface area contributed by atoms with Crippen molar-refractivity contribution in [3.8, 4) is 6.07 Å². The number of ether oxygens (including phenoxy) is 3. The molecule has 3 aromatic carbocycles. The van der Waals surface area contributed by atoms with Crippen LogP contribution in [-0.2, 0) is 28.6 Å². The summed E-state index contributed by atoms with van der Waals surface area (Å²) in [7, 11) is 0. The minimum atomic E-state index is -1.53. The maximum atomic E-state index is 13.7. The molecule has 0 radical (unpaired) electrons. The summed E-state index contributed by atoms with van der Waals surface area (Å²) in [5, 5.41) is 9.34. The third-order valence-corrected chi connectivity index (χ3v) is 6.10. The third kappa shape index (κ3) is 7.41. The fraction of sp³-hybridized carbons (Fsp3) is 0.281. The Labute approximate surface area is 234 Å². The second-order valence-electron chi connectivity index (χ2n) is 8.65. The Morgan fingerprint density at radius 3 is 1.57 bits per heavy atom. The molecule has 0 aliphatic rings. The van der Waals surface area contributed by atoms with E-state index >= 15 is 0 Å². The number of rotatable bonds is 12. The molecule has 0 N–H and O–H groups in total. The molecular formula is C32H32N2O6. The quantitative estimate of drug-likeness (QED) is 0.140. The van der Waals surface area contributed by atoms with Crippen molar-refractivity contribution in [3.63, 3.8) is 0 Å². The van der Waals surface area contributed by atoms with Crippen LogP contribution in [0.5, 0.6) is 0 Å². The molecule has 206 valence electrons. The first-order chi connectivity index (χ1) is 19.4. The maximum Gasteiger partial charge on any atom is 0.331 e. The molecular weight excluding hydrogens is 508 g/mol. The molecule has 0 bridgehead atoms. The van der Waals surface area contributed by atoms with E-state index in [-0.39, 0.29) is 19.8 Å². The first-order valence-corrected chi connectivity index (χ1v) is 13.1. The summed E-state index contributed by atoms with van der Waals surface area (Å²) >= 11 is 0. The number of carbonyl (C=O) groups excluding carboxylic acids is 3. The van der Waals surface area contributed by atoms with Gasteiger partial charge in [-0.3, -0.25) is 14.6 Å². The highest BCUT2D eigenvalue weighted by molar-refractivity contribution is 6.13. The lowest BCUT2D eigenvalue weighted by atomic mass is 9.79. The fourth-order valence-corrected chi connectivity index (χ4v) is 4.34. The van der Waals surface area contributed by atoms with Crippen molar-refractivity contribution in [1.29, 1.82) is 5.26 Å². The Kier molecular flexibility index (Phi) is 11.2. The zero-order valence-electron chi connectivity index (χ0n) is 22.8. The van der Waals surface area contributed by atoms with Crippen molar-refractivity contribution >= 4 is 23.6 Å². The molecule has 8 nitrogen and oxygen atoms in total. The van der Waals surface area contributed by atoms with Gasteiger partial charge in [-0.2, -0.15) is 5.26 Å². The van der Waals surface area contributed by atoms with Crippen LogP contribution in [0.3, 0.4) is 0 Å². The highest BCUT2D eigenvalue weighted by atomic mass is 16.6. The molecule has 0 aliphatic heterocycles. The minimum Gasteiger partial charge on any atom is -0.465 e. The lowest BCUT2D eigenvalue weighted by molar-refractivity contribution is -0.163. The zero-order chi connectivity index (χ0) is 28.9. The summed E-state index contributed by atoms with van der Waals surface area (Å²) in [6, 6.07) is 25.6. The number of hydrogen-bond donors (Lipinski definition) is 0. The van der Waals surface area contributed by atoms with E-state index in [1.54, 1.807) is 45.0 Å². The van der Waals surface area contributed by atoms with E-state index in [1.165, 1.54) is 0 Å². The van der Waals surface area contributed by atoms with Gasteiger partial charge in [0.2, 0.25) is 0 Å². The number of hydrogen-bond acceptors (Lipinski definition) is 8. The lowest BCUT2D eigenvalue weighted by Crippen LogP contribution is -2.42. The van der Waals surface area contributed by atoms with Crippen LogP contribution in [0.25, 0.3) is 0 Å². The number of nitrogens with zero attached hydrogens (tertiary/aromatic N) is 2. The molecule has 0 aliphatic carbocycles. The molecule has 40 heavy (non-hydrogen) atoms. The van der Waals surface area contributed by atoms with E-state index in [0.717, 1.165) is 11.1 Å². The van der Waals surface area contributed by atoms with Gasteiger partial charge in [0, 0.05) is 17.0 Å². The standard InChI is InChI=1S/C32H32N2O6/c1-4-38-30(35)27(31(36)39-5-2)26(23-19-17-22(21-33)18-20-23)29(32(37)40-6-3)34-28(24-13-9-7-10-14-24)25-15-11-8-12-16-25/h7-20,26-27,29H,4-6H2,1-3H3. The second kappa shape index (κ2) is 15.0. The molecule has 0 saturated carbocycles. The first kappa shape index (κ1) is 29.8. The number of nitriles is 1. The first-order valence-electron chi connectivity index (χ1n) is 13.1. The predicted molar refractivity (Wildman–Crippen MR) is 150 cm³/mol. The summed E-state index contributed by atoms with van der Waals surface area (Å²) in [5.41, 5.74) is 2.73. The lowest BCUT2D eigenvalue weighted by Gasteiger charge is -2.29. The van der Waals surface area contributed by atoms with E-state index in [4.69, 9.17) is 19.2 Å². The van der Waals surface area contributed by atoms with E-state index in [1.807, 2.05) is 60.7 Å². The largest absolute Gasteiger partial charge is 0.465 e. The van der Waals surface area contributed by atoms with Crippen LogP contribution in [0.2, 0.25) is 0 Å².